The monoisotopic (exact) mass is 783 g/mol. The molecule has 2 aromatic rings. The van der Waals surface area contributed by atoms with Crippen molar-refractivity contribution >= 4 is 23.1 Å². The smallest absolute Gasteiger partial charge is 0.308 e. The van der Waals surface area contributed by atoms with Gasteiger partial charge in [0.25, 0.3) is 5.91 Å². The van der Waals surface area contributed by atoms with E-state index < -0.39 is 17.6 Å². The van der Waals surface area contributed by atoms with Crippen LogP contribution in [0.1, 0.15) is 164 Å². The highest BCUT2D eigenvalue weighted by molar-refractivity contribution is 6.06. The summed E-state index contributed by atoms with van der Waals surface area (Å²) in [5.74, 6) is -1.16. The van der Waals surface area contributed by atoms with Crippen molar-refractivity contribution in [3.8, 4) is 0 Å². The Labute approximate surface area is 341 Å². The van der Waals surface area contributed by atoms with Crippen molar-refractivity contribution < 1.29 is 28.2 Å². The van der Waals surface area contributed by atoms with Crippen LogP contribution < -0.4 is 5.32 Å². The van der Waals surface area contributed by atoms with E-state index in [-0.39, 0.29) is 42.3 Å². The number of esters is 1. The zero-order chi connectivity index (χ0) is 43.6. The molecule has 1 aromatic heterocycles. The number of allylic oxidation sites excluding steroid dienone is 6. The molecule has 1 amide bonds. The number of aromatic nitrogens is 1. The standard InChI is InChI=1S/C37H53FN2O5.C4H8.C3H6.2C2H6/c1-24(2)20-27(17-16-26(5)38)32-23-31(35(42)39-28-14-12-11-13-15-28)34(25(3)4)40(32)19-18-29-21-30(44-37(9,10)43-29)22-33(41)45-36(6,7)8;1-3-4-2;1-3-2;2*1-2/h11-17,20,23-26,29-30H,18-19,21-22H2,1-10H3,(H,39,42);3H,1,4H2,2H3;3H,1H2,2H3;2*1-2H3/b17-16-,27-20+;;;;. The summed E-state index contributed by atoms with van der Waals surface area (Å²) in [6, 6.07) is 11.3. The van der Waals surface area contributed by atoms with E-state index >= 15 is 0 Å². The summed E-state index contributed by atoms with van der Waals surface area (Å²) >= 11 is 0. The van der Waals surface area contributed by atoms with E-state index in [0.717, 1.165) is 23.4 Å². The number of ether oxygens (including phenoxy) is 3. The van der Waals surface area contributed by atoms with Crippen molar-refractivity contribution in [2.75, 3.05) is 5.32 Å². The number of hydrogen-bond acceptors (Lipinski definition) is 5. The maximum absolute atomic E-state index is 14.0. The molecule has 3 rings (SSSR count). The minimum atomic E-state index is -1.12. The van der Waals surface area contributed by atoms with Gasteiger partial charge in [-0.1, -0.05) is 111 Å². The largest absolute Gasteiger partial charge is 0.460 e. The molecule has 0 aliphatic carbocycles. The third-order valence-corrected chi connectivity index (χ3v) is 7.52. The quantitative estimate of drug-likeness (QED) is 0.124. The average molecular weight is 783 g/mol. The molecule has 2 heterocycles. The van der Waals surface area contributed by atoms with Crippen LogP contribution in [0, 0.1) is 5.92 Å². The highest BCUT2D eigenvalue weighted by Crippen LogP contribution is 2.34. The molecular weight excluding hydrogens is 704 g/mol. The van der Waals surface area contributed by atoms with Gasteiger partial charge in [-0.2, -0.15) is 0 Å². The number of amides is 1. The molecule has 318 valence electrons. The minimum Gasteiger partial charge on any atom is -0.460 e. The van der Waals surface area contributed by atoms with Gasteiger partial charge in [0.15, 0.2) is 5.79 Å². The van der Waals surface area contributed by atoms with E-state index in [1.807, 2.05) is 118 Å². The van der Waals surface area contributed by atoms with E-state index in [1.165, 1.54) is 13.0 Å². The van der Waals surface area contributed by atoms with E-state index in [4.69, 9.17) is 14.2 Å². The second kappa shape index (κ2) is 28.6. The third-order valence-electron chi connectivity index (χ3n) is 7.52. The van der Waals surface area contributed by atoms with Gasteiger partial charge in [-0.25, -0.2) is 4.39 Å². The van der Waals surface area contributed by atoms with Gasteiger partial charge in [0.1, 0.15) is 11.8 Å². The summed E-state index contributed by atoms with van der Waals surface area (Å²) in [6.07, 6.45) is 9.79. The molecule has 1 fully saturated rings. The fraction of sp³-hybridized carbons (Fsp3) is 0.583. The molecular formula is C48H79FN2O5. The summed E-state index contributed by atoms with van der Waals surface area (Å²) in [7, 11) is 0. The van der Waals surface area contributed by atoms with Gasteiger partial charge in [0, 0.05) is 30.0 Å². The second-order valence-corrected chi connectivity index (χ2v) is 15.2. The van der Waals surface area contributed by atoms with Gasteiger partial charge in [-0.05, 0) is 96.9 Å². The lowest BCUT2D eigenvalue weighted by atomic mass is 10.0. The lowest BCUT2D eigenvalue weighted by Gasteiger charge is -2.41. The molecule has 7 nitrogen and oxygen atoms in total. The first kappa shape index (κ1) is 54.4. The molecule has 3 atom stereocenters. The SMILES string of the molecule is C=CC.C=CCC.CC.CC.CC(F)/C=C\C(=C/C(C)C)c1cc(C(=O)Nc2ccccc2)c(C(C)C)n1CCC1CC(CC(=O)OC(C)(C)C)OC(C)(C)O1. The van der Waals surface area contributed by atoms with Crippen LogP contribution in [0.15, 0.2) is 79.9 Å². The van der Waals surface area contributed by atoms with Crippen molar-refractivity contribution in [2.24, 2.45) is 5.92 Å². The highest BCUT2D eigenvalue weighted by Gasteiger charge is 2.37. The van der Waals surface area contributed by atoms with Gasteiger partial charge in [0.05, 0.1) is 24.2 Å². The second-order valence-electron chi connectivity index (χ2n) is 15.2. The number of halogens is 1. The van der Waals surface area contributed by atoms with Gasteiger partial charge in [-0.15, -0.1) is 13.2 Å². The highest BCUT2D eigenvalue weighted by atomic mass is 19.1. The first-order valence-electron chi connectivity index (χ1n) is 20.7. The molecule has 56 heavy (non-hydrogen) atoms. The summed E-state index contributed by atoms with van der Waals surface area (Å²) in [5.41, 5.74) is 3.31. The number of hydrogen-bond donors (Lipinski definition) is 1. The average Bonchev–Trinajstić information content (AvgIpc) is 3.50. The molecule has 0 bridgehead atoms. The molecule has 8 heteroatoms. The predicted octanol–water partition coefficient (Wildman–Crippen LogP) is 13.7. The van der Waals surface area contributed by atoms with Gasteiger partial charge in [0.2, 0.25) is 0 Å². The normalized spacial score (nSPS) is 16.7. The van der Waals surface area contributed by atoms with Crippen LogP contribution in [0.4, 0.5) is 10.1 Å². The molecule has 3 unspecified atom stereocenters. The Morgan fingerprint density at radius 2 is 1.55 bits per heavy atom. The summed E-state index contributed by atoms with van der Waals surface area (Å²) in [5, 5.41) is 3.05. The minimum absolute atomic E-state index is 0.0200. The Hall–Kier alpha value is -3.75. The van der Waals surface area contributed by atoms with E-state index in [9.17, 15) is 14.0 Å². The Bertz CT molecular complexity index is 1460. The number of nitrogens with one attached hydrogen (secondary N) is 1. The number of anilines is 1. The zero-order valence-electron chi connectivity index (χ0n) is 38.1. The number of nitrogens with zero attached hydrogens (tertiary/aromatic N) is 1. The molecule has 1 aromatic carbocycles. The molecule has 0 radical (unpaired) electrons. The van der Waals surface area contributed by atoms with Crippen LogP contribution in [-0.2, 0) is 25.5 Å². The maximum atomic E-state index is 14.0. The topological polar surface area (TPSA) is 78.8 Å². The zero-order valence-corrected chi connectivity index (χ0v) is 38.1. The van der Waals surface area contributed by atoms with Crippen LogP contribution in [0.3, 0.4) is 0 Å². The number of alkyl halides is 1. The summed E-state index contributed by atoms with van der Waals surface area (Å²) in [4.78, 5) is 26.4. The van der Waals surface area contributed by atoms with Crippen molar-refractivity contribution in [3.63, 3.8) is 0 Å². The van der Waals surface area contributed by atoms with Gasteiger partial charge < -0.3 is 24.1 Å². The van der Waals surface area contributed by atoms with Crippen LogP contribution in [-0.4, -0.2) is 46.2 Å². The lowest BCUT2D eigenvalue weighted by Crippen LogP contribution is -2.46. The Kier molecular flexibility index (Phi) is 27.8. The maximum Gasteiger partial charge on any atom is 0.308 e. The van der Waals surface area contributed by atoms with Gasteiger partial charge >= 0.3 is 5.97 Å². The predicted molar refractivity (Wildman–Crippen MR) is 238 cm³/mol. The molecule has 0 spiro atoms. The van der Waals surface area contributed by atoms with E-state index in [0.29, 0.717) is 30.6 Å². The van der Waals surface area contributed by atoms with Crippen molar-refractivity contribution in [1.29, 1.82) is 0 Å². The van der Waals surface area contributed by atoms with E-state index in [2.05, 4.69) is 63.7 Å². The van der Waals surface area contributed by atoms with Crippen LogP contribution >= 0.6 is 0 Å². The molecule has 1 aliphatic rings. The summed E-state index contributed by atoms with van der Waals surface area (Å²) in [6.45, 7) is 38.4. The fourth-order valence-corrected chi connectivity index (χ4v) is 5.75. The van der Waals surface area contributed by atoms with Crippen molar-refractivity contribution in [2.45, 2.75) is 179 Å². The number of para-hydroxylation sites is 1. The summed E-state index contributed by atoms with van der Waals surface area (Å²) < 4.78 is 34.2. The molecule has 0 saturated carbocycles. The molecule has 1 saturated heterocycles. The van der Waals surface area contributed by atoms with Crippen LogP contribution in [0.25, 0.3) is 5.57 Å². The number of carbonyl (C=O) groups is 2. The van der Waals surface area contributed by atoms with Gasteiger partial charge in [-0.3, -0.25) is 9.59 Å². The Balaban J connectivity index is 0. The van der Waals surface area contributed by atoms with Crippen LogP contribution in [0.5, 0.6) is 0 Å². The molecule has 1 aliphatic heterocycles. The van der Waals surface area contributed by atoms with Crippen molar-refractivity contribution in [3.05, 3.63) is 96.9 Å². The van der Waals surface area contributed by atoms with Crippen molar-refractivity contribution in [1.82, 2.24) is 4.57 Å². The third kappa shape index (κ3) is 22.1. The molecule has 1 N–H and O–H groups in total. The Morgan fingerprint density at radius 3 is 2.02 bits per heavy atom. The van der Waals surface area contributed by atoms with Crippen LogP contribution in [0.2, 0.25) is 0 Å². The first-order valence-corrected chi connectivity index (χ1v) is 20.7. The van der Waals surface area contributed by atoms with E-state index in [1.54, 1.807) is 6.08 Å². The fourth-order valence-electron chi connectivity index (χ4n) is 5.75. The number of carbonyl (C=O) groups excluding carboxylic acids is 2. The Morgan fingerprint density at radius 1 is 1.02 bits per heavy atom. The first-order chi connectivity index (χ1) is 26.3. The number of benzene rings is 1. The lowest BCUT2D eigenvalue weighted by molar-refractivity contribution is -0.301. The number of rotatable bonds is 13.